The first kappa shape index (κ1) is 20.7. The van der Waals surface area contributed by atoms with E-state index in [2.05, 4.69) is 42.9 Å². The summed E-state index contributed by atoms with van der Waals surface area (Å²) < 4.78 is 5.80. The third-order valence-electron chi connectivity index (χ3n) is 4.75. The maximum absolute atomic E-state index is 12.4. The third kappa shape index (κ3) is 6.61. The van der Waals surface area contributed by atoms with Gasteiger partial charge in [-0.15, -0.1) is 0 Å². The highest BCUT2D eigenvalue weighted by Crippen LogP contribution is 2.15. The molecule has 0 aliphatic carbocycles. The fourth-order valence-corrected chi connectivity index (χ4v) is 3.29. The smallest absolute Gasteiger partial charge is 0.251 e. The van der Waals surface area contributed by atoms with Crippen LogP contribution in [0.1, 0.15) is 44.0 Å². The van der Waals surface area contributed by atoms with Crippen molar-refractivity contribution in [2.75, 3.05) is 51.3 Å². The molecule has 0 saturated carbocycles. The molecule has 1 unspecified atom stereocenters. The second-order valence-corrected chi connectivity index (χ2v) is 7.68. The molecule has 0 aromatic heterocycles. The highest BCUT2D eigenvalue weighted by atomic mass is 16.5. The zero-order valence-corrected chi connectivity index (χ0v) is 16.8. The predicted octanol–water partition coefficient (Wildman–Crippen LogP) is 3.01. The van der Waals surface area contributed by atoms with Crippen LogP contribution in [0.25, 0.3) is 0 Å². The van der Waals surface area contributed by atoms with Crippen LogP contribution in [0.15, 0.2) is 24.3 Å². The summed E-state index contributed by atoms with van der Waals surface area (Å²) in [5.74, 6) is 0.620. The van der Waals surface area contributed by atoms with Gasteiger partial charge < -0.3 is 15.0 Å². The normalized spacial score (nSPS) is 18.1. The number of hydrogen-bond acceptors (Lipinski definition) is 4. The van der Waals surface area contributed by atoms with Crippen LogP contribution in [0, 0.1) is 5.92 Å². The van der Waals surface area contributed by atoms with Gasteiger partial charge in [0.2, 0.25) is 0 Å². The highest BCUT2D eigenvalue weighted by molar-refractivity contribution is 5.94. The average molecular weight is 362 g/mol. The summed E-state index contributed by atoms with van der Waals surface area (Å²) in [6, 6.07) is 7.85. The molecule has 1 aliphatic heterocycles. The number of nitrogens with zero attached hydrogens (tertiary/aromatic N) is 2. The van der Waals surface area contributed by atoms with E-state index in [1.807, 2.05) is 24.3 Å². The second kappa shape index (κ2) is 10.5. The van der Waals surface area contributed by atoms with E-state index < -0.39 is 0 Å². The summed E-state index contributed by atoms with van der Waals surface area (Å²) in [5, 5.41) is 3.02. The van der Waals surface area contributed by atoms with Gasteiger partial charge in [0.05, 0.1) is 12.7 Å². The van der Waals surface area contributed by atoms with Gasteiger partial charge in [-0.2, -0.15) is 0 Å². The van der Waals surface area contributed by atoms with Crippen molar-refractivity contribution >= 4 is 11.6 Å². The van der Waals surface area contributed by atoms with Crippen molar-refractivity contribution in [3.63, 3.8) is 0 Å². The molecule has 146 valence electrons. The molecule has 1 aromatic carbocycles. The summed E-state index contributed by atoms with van der Waals surface area (Å²) >= 11 is 0. The van der Waals surface area contributed by atoms with Crippen molar-refractivity contribution in [1.29, 1.82) is 0 Å². The van der Waals surface area contributed by atoms with E-state index in [0.29, 0.717) is 18.0 Å². The van der Waals surface area contributed by atoms with Crippen LogP contribution in [-0.4, -0.2) is 63.3 Å². The third-order valence-corrected chi connectivity index (χ3v) is 4.75. The Labute approximate surface area is 158 Å². The van der Waals surface area contributed by atoms with Crippen LogP contribution in [-0.2, 0) is 4.74 Å². The zero-order valence-electron chi connectivity index (χ0n) is 16.8. The van der Waals surface area contributed by atoms with Crippen LogP contribution in [0.2, 0.25) is 0 Å². The molecule has 26 heavy (non-hydrogen) atoms. The summed E-state index contributed by atoms with van der Waals surface area (Å²) in [5.41, 5.74) is 1.85. The number of unbranched alkanes of at least 4 members (excludes halogenated alkanes) is 1. The second-order valence-electron chi connectivity index (χ2n) is 7.68. The molecule has 5 heteroatoms. The summed E-state index contributed by atoms with van der Waals surface area (Å²) in [4.78, 5) is 17.1. The molecule has 0 spiro atoms. The summed E-state index contributed by atoms with van der Waals surface area (Å²) in [7, 11) is 2.09. The van der Waals surface area contributed by atoms with E-state index in [1.54, 1.807) is 0 Å². The van der Waals surface area contributed by atoms with E-state index in [9.17, 15) is 4.79 Å². The fraction of sp³-hybridized carbons (Fsp3) is 0.667. The first-order valence-electron chi connectivity index (χ1n) is 9.93. The van der Waals surface area contributed by atoms with Gasteiger partial charge in [0.25, 0.3) is 5.91 Å². The summed E-state index contributed by atoms with van der Waals surface area (Å²) in [6.07, 6.45) is 2.43. The molecule has 1 fully saturated rings. The number of anilines is 1. The Hall–Kier alpha value is -1.59. The quantitative estimate of drug-likeness (QED) is 0.734. The van der Waals surface area contributed by atoms with Crippen LogP contribution < -0.4 is 10.2 Å². The molecule has 0 radical (unpaired) electrons. The molecule has 2 rings (SSSR count). The Bertz CT molecular complexity index is 545. The van der Waals surface area contributed by atoms with Crippen molar-refractivity contribution in [2.45, 2.75) is 39.7 Å². The number of nitrogens with one attached hydrogen (secondary N) is 1. The van der Waals surface area contributed by atoms with E-state index in [-0.39, 0.29) is 12.0 Å². The van der Waals surface area contributed by atoms with E-state index in [0.717, 1.165) is 38.5 Å². The van der Waals surface area contributed by atoms with Gasteiger partial charge in [0, 0.05) is 51.0 Å². The first-order chi connectivity index (χ1) is 12.5. The minimum Gasteiger partial charge on any atom is -0.375 e. The highest BCUT2D eigenvalue weighted by Gasteiger charge is 2.21. The summed E-state index contributed by atoms with van der Waals surface area (Å²) in [6.45, 7) is 12.0. The molecule has 1 aliphatic rings. The monoisotopic (exact) mass is 361 g/mol. The standard InChI is InChI=1S/C21H35N3O2/c1-5-6-11-23(4)19-9-7-18(8-10-19)21(25)22-14-20-16-24(12-13-26-20)15-17(2)3/h7-10,17,20H,5-6,11-16H2,1-4H3,(H,22,25). The Kier molecular flexibility index (Phi) is 8.39. The van der Waals surface area contributed by atoms with Gasteiger partial charge in [0.15, 0.2) is 0 Å². The topological polar surface area (TPSA) is 44.8 Å². The molecule has 1 aromatic rings. The lowest BCUT2D eigenvalue weighted by Gasteiger charge is -2.33. The van der Waals surface area contributed by atoms with Crippen LogP contribution in [0.4, 0.5) is 5.69 Å². The van der Waals surface area contributed by atoms with Gasteiger partial charge in [-0.1, -0.05) is 27.2 Å². The fourth-order valence-electron chi connectivity index (χ4n) is 3.29. The molecule has 1 N–H and O–H groups in total. The number of hydrogen-bond donors (Lipinski definition) is 1. The van der Waals surface area contributed by atoms with Gasteiger partial charge in [0.1, 0.15) is 0 Å². The molecule has 1 saturated heterocycles. The minimum atomic E-state index is -0.0302. The van der Waals surface area contributed by atoms with E-state index in [4.69, 9.17) is 4.74 Å². The number of morpholine rings is 1. The Morgan fingerprint density at radius 3 is 2.73 bits per heavy atom. The van der Waals surface area contributed by atoms with E-state index in [1.165, 1.54) is 12.8 Å². The number of benzene rings is 1. The Balaban J connectivity index is 1.80. The van der Waals surface area contributed by atoms with Crippen molar-refractivity contribution in [3.8, 4) is 0 Å². The average Bonchev–Trinajstić information content (AvgIpc) is 2.64. The molecule has 1 amide bonds. The molecular formula is C21H35N3O2. The number of carbonyl (C=O) groups is 1. The molecule has 1 atom stereocenters. The largest absolute Gasteiger partial charge is 0.375 e. The van der Waals surface area contributed by atoms with Gasteiger partial charge in [-0.3, -0.25) is 9.69 Å². The van der Waals surface area contributed by atoms with Gasteiger partial charge in [-0.25, -0.2) is 0 Å². The van der Waals surface area contributed by atoms with Crippen molar-refractivity contribution < 1.29 is 9.53 Å². The Morgan fingerprint density at radius 1 is 1.35 bits per heavy atom. The number of carbonyl (C=O) groups excluding carboxylic acids is 1. The lowest BCUT2D eigenvalue weighted by Crippen LogP contribution is -2.48. The minimum absolute atomic E-state index is 0.0302. The van der Waals surface area contributed by atoms with Gasteiger partial charge in [-0.05, 0) is 36.6 Å². The van der Waals surface area contributed by atoms with Crippen molar-refractivity contribution in [2.24, 2.45) is 5.92 Å². The molecule has 0 bridgehead atoms. The van der Waals surface area contributed by atoms with E-state index >= 15 is 0 Å². The first-order valence-corrected chi connectivity index (χ1v) is 9.93. The van der Waals surface area contributed by atoms with Crippen LogP contribution in [0.5, 0.6) is 0 Å². The lowest BCUT2D eigenvalue weighted by atomic mass is 10.1. The SMILES string of the molecule is CCCCN(C)c1ccc(C(=O)NCC2CN(CC(C)C)CCO2)cc1. The Morgan fingerprint density at radius 2 is 2.08 bits per heavy atom. The van der Waals surface area contributed by atoms with Crippen molar-refractivity contribution in [3.05, 3.63) is 29.8 Å². The lowest BCUT2D eigenvalue weighted by molar-refractivity contribution is -0.0295. The van der Waals surface area contributed by atoms with Crippen molar-refractivity contribution in [1.82, 2.24) is 10.2 Å². The van der Waals surface area contributed by atoms with Crippen LogP contribution in [0.3, 0.4) is 0 Å². The van der Waals surface area contributed by atoms with Gasteiger partial charge >= 0.3 is 0 Å². The molecule has 5 nitrogen and oxygen atoms in total. The number of amides is 1. The molecule has 1 heterocycles. The molecular weight excluding hydrogens is 326 g/mol. The number of rotatable bonds is 9. The number of ether oxygens (including phenoxy) is 1. The maximum Gasteiger partial charge on any atom is 0.251 e. The van der Waals surface area contributed by atoms with Crippen LogP contribution >= 0.6 is 0 Å². The maximum atomic E-state index is 12.4. The zero-order chi connectivity index (χ0) is 18.9. The predicted molar refractivity (Wildman–Crippen MR) is 108 cm³/mol.